The van der Waals surface area contributed by atoms with Gasteiger partial charge in [-0.15, -0.1) is 0 Å². The molecule has 160 valence electrons. The van der Waals surface area contributed by atoms with Gasteiger partial charge in [0.05, 0.1) is 11.4 Å². The number of carbonyl (C=O) groups excluding carboxylic acids is 2. The van der Waals surface area contributed by atoms with Crippen LogP contribution >= 0.6 is 0 Å². The number of hydrogen-bond donors (Lipinski definition) is 2. The highest BCUT2D eigenvalue weighted by molar-refractivity contribution is 5.97. The zero-order chi connectivity index (χ0) is 22.0. The minimum absolute atomic E-state index is 0.123. The average molecular weight is 417 g/mol. The van der Waals surface area contributed by atoms with E-state index in [0.29, 0.717) is 18.7 Å². The smallest absolute Gasteiger partial charge is 0.270 e. The highest BCUT2D eigenvalue weighted by Crippen LogP contribution is 2.24. The minimum atomic E-state index is -0.527. The van der Waals surface area contributed by atoms with Crippen LogP contribution in [-0.2, 0) is 4.79 Å². The molecule has 6 heteroatoms. The van der Waals surface area contributed by atoms with Crippen LogP contribution in [0.25, 0.3) is 16.9 Å². The lowest BCUT2D eigenvalue weighted by molar-refractivity contribution is -0.122. The van der Waals surface area contributed by atoms with Crippen molar-refractivity contribution >= 4 is 11.8 Å². The summed E-state index contributed by atoms with van der Waals surface area (Å²) in [5.41, 5.74) is 6.36. The van der Waals surface area contributed by atoms with Crippen LogP contribution in [0.2, 0.25) is 0 Å². The fourth-order valence-electron chi connectivity index (χ4n) is 3.85. The van der Waals surface area contributed by atoms with Gasteiger partial charge in [0.15, 0.2) is 0 Å². The molecule has 2 heterocycles. The van der Waals surface area contributed by atoms with E-state index in [-0.39, 0.29) is 11.8 Å². The fraction of sp³-hybridized carbons (Fsp3) is 0.320. The molecule has 1 aliphatic heterocycles. The molecule has 0 radical (unpaired) electrons. The quantitative estimate of drug-likeness (QED) is 0.678. The highest BCUT2D eigenvalue weighted by Gasteiger charge is 2.25. The number of nitrogens with zero attached hydrogens (tertiary/aromatic N) is 2. The number of rotatable bonds is 4. The Kier molecular flexibility index (Phi) is 5.89. The lowest BCUT2D eigenvalue weighted by Gasteiger charge is -2.15. The molecular formula is C25H28N4O2. The van der Waals surface area contributed by atoms with E-state index in [9.17, 15) is 9.59 Å². The summed E-state index contributed by atoms with van der Waals surface area (Å²) in [5.74, 6) is -0.423. The molecule has 0 spiro atoms. The predicted octanol–water partition coefficient (Wildman–Crippen LogP) is 3.86. The lowest BCUT2D eigenvalue weighted by Crippen LogP contribution is -2.45. The number of nitrogens with one attached hydrogen (secondary N) is 2. The van der Waals surface area contributed by atoms with Gasteiger partial charge >= 0.3 is 0 Å². The second kappa shape index (κ2) is 8.76. The van der Waals surface area contributed by atoms with Crippen LogP contribution in [0.15, 0.2) is 48.5 Å². The number of carbonyl (C=O) groups is 2. The van der Waals surface area contributed by atoms with Crippen molar-refractivity contribution in [3.63, 3.8) is 0 Å². The summed E-state index contributed by atoms with van der Waals surface area (Å²) in [6, 6.07) is 15.3. The molecule has 0 saturated carbocycles. The third kappa shape index (κ3) is 4.53. The molecule has 1 unspecified atom stereocenters. The number of amides is 2. The van der Waals surface area contributed by atoms with Crippen molar-refractivity contribution in [2.75, 3.05) is 6.54 Å². The summed E-state index contributed by atoms with van der Waals surface area (Å²) in [6.07, 6.45) is 2.46. The van der Waals surface area contributed by atoms with Gasteiger partial charge in [-0.1, -0.05) is 24.3 Å². The summed E-state index contributed by atoms with van der Waals surface area (Å²) in [5, 5.41) is 10.6. The highest BCUT2D eigenvalue weighted by atomic mass is 16.2. The van der Waals surface area contributed by atoms with Gasteiger partial charge in [-0.3, -0.25) is 9.59 Å². The maximum Gasteiger partial charge on any atom is 0.270 e. The van der Waals surface area contributed by atoms with Crippen LogP contribution in [0.3, 0.4) is 0 Å². The SMILES string of the molecule is Cc1cccc(-n2nc(-c3ccc(C)c(C)c3)cc2C(=O)NC2CCCCNC2=O)c1. The largest absolute Gasteiger partial charge is 0.354 e. The number of hydrogen-bond acceptors (Lipinski definition) is 3. The number of benzene rings is 2. The van der Waals surface area contributed by atoms with Crippen molar-refractivity contribution in [1.82, 2.24) is 20.4 Å². The normalized spacial score (nSPS) is 16.5. The first kappa shape index (κ1) is 20.8. The van der Waals surface area contributed by atoms with Gasteiger partial charge in [-0.05, 0) is 81.0 Å². The molecule has 31 heavy (non-hydrogen) atoms. The molecule has 4 rings (SSSR count). The van der Waals surface area contributed by atoms with Crippen molar-refractivity contribution in [2.45, 2.75) is 46.1 Å². The van der Waals surface area contributed by atoms with Gasteiger partial charge in [-0.2, -0.15) is 5.10 Å². The second-order valence-corrected chi connectivity index (χ2v) is 8.28. The first-order valence-corrected chi connectivity index (χ1v) is 10.8. The Morgan fingerprint density at radius 3 is 2.68 bits per heavy atom. The monoisotopic (exact) mass is 416 g/mol. The van der Waals surface area contributed by atoms with Gasteiger partial charge in [0.1, 0.15) is 11.7 Å². The molecule has 1 aromatic heterocycles. The van der Waals surface area contributed by atoms with E-state index in [0.717, 1.165) is 35.3 Å². The van der Waals surface area contributed by atoms with Crippen LogP contribution < -0.4 is 10.6 Å². The van der Waals surface area contributed by atoms with E-state index in [1.165, 1.54) is 11.1 Å². The first-order chi connectivity index (χ1) is 14.9. The minimum Gasteiger partial charge on any atom is -0.354 e. The molecule has 2 aromatic carbocycles. The zero-order valence-electron chi connectivity index (χ0n) is 18.2. The van der Waals surface area contributed by atoms with E-state index >= 15 is 0 Å². The van der Waals surface area contributed by atoms with Crippen LogP contribution in [0.1, 0.15) is 46.4 Å². The molecule has 1 aliphatic rings. The van der Waals surface area contributed by atoms with Crippen molar-refractivity contribution in [3.05, 3.63) is 70.9 Å². The first-order valence-electron chi connectivity index (χ1n) is 10.8. The maximum atomic E-state index is 13.3. The molecule has 0 bridgehead atoms. The Labute approximate surface area is 182 Å². The van der Waals surface area contributed by atoms with E-state index < -0.39 is 6.04 Å². The predicted molar refractivity (Wildman–Crippen MR) is 121 cm³/mol. The third-order valence-electron chi connectivity index (χ3n) is 5.83. The third-order valence-corrected chi connectivity index (χ3v) is 5.83. The van der Waals surface area contributed by atoms with E-state index in [1.54, 1.807) is 10.7 Å². The van der Waals surface area contributed by atoms with Gasteiger partial charge in [0.2, 0.25) is 5.91 Å². The molecule has 3 aromatic rings. The number of aryl methyl sites for hydroxylation is 3. The summed E-state index contributed by atoms with van der Waals surface area (Å²) in [6.45, 7) is 6.80. The maximum absolute atomic E-state index is 13.3. The van der Waals surface area contributed by atoms with E-state index in [4.69, 9.17) is 5.10 Å². The summed E-state index contributed by atoms with van der Waals surface area (Å²) < 4.78 is 1.67. The molecule has 1 atom stereocenters. The lowest BCUT2D eigenvalue weighted by atomic mass is 10.0. The Morgan fingerprint density at radius 1 is 1.06 bits per heavy atom. The molecular weight excluding hydrogens is 388 g/mol. The summed E-state index contributed by atoms with van der Waals surface area (Å²) >= 11 is 0. The van der Waals surface area contributed by atoms with Crippen LogP contribution in [0.5, 0.6) is 0 Å². The molecule has 0 aliphatic carbocycles. The Bertz CT molecular complexity index is 1130. The fourth-order valence-corrected chi connectivity index (χ4v) is 3.85. The Balaban J connectivity index is 1.74. The molecule has 1 fully saturated rings. The standard InChI is InChI=1S/C25H28N4O2/c1-16-7-6-8-20(13-16)29-23(25(31)27-21-9-4-5-12-26-24(21)30)15-22(28-29)19-11-10-17(2)18(3)14-19/h6-8,10-11,13-15,21H,4-5,9,12H2,1-3H3,(H,26,30)(H,27,31). The van der Waals surface area contributed by atoms with Gasteiger partial charge in [-0.25, -0.2) is 4.68 Å². The van der Waals surface area contributed by atoms with Gasteiger partial charge < -0.3 is 10.6 Å². The molecule has 1 saturated heterocycles. The van der Waals surface area contributed by atoms with Crippen molar-refractivity contribution in [1.29, 1.82) is 0 Å². The molecule has 6 nitrogen and oxygen atoms in total. The average Bonchev–Trinajstić information content (AvgIpc) is 3.10. The van der Waals surface area contributed by atoms with Crippen LogP contribution in [0, 0.1) is 20.8 Å². The second-order valence-electron chi connectivity index (χ2n) is 8.28. The van der Waals surface area contributed by atoms with E-state index in [2.05, 4.69) is 36.6 Å². The van der Waals surface area contributed by atoms with Crippen LogP contribution in [-0.4, -0.2) is 34.2 Å². The number of aromatic nitrogens is 2. The Hall–Kier alpha value is -3.41. The van der Waals surface area contributed by atoms with Crippen molar-refractivity contribution < 1.29 is 9.59 Å². The Morgan fingerprint density at radius 2 is 1.90 bits per heavy atom. The summed E-state index contributed by atoms with van der Waals surface area (Å²) in [4.78, 5) is 25.6. The topological polar surface area (TPSA) is 76.0 Å². The van der Waals surface area contributed by atoms with E-state index in [1.807, 2.05) is 37.3 Å². The zero-order valence-corrected chi connectivity index (χ0v) is 18.2. The van der Waals surface area contributed by atoms with Gasteiger partial charge in [0.25, 0.3) is 5.91 Å². The summed E-state index contributed by atoms with van der Waals surface area (Å²) in [7, 11) is 0. The van der Waals surface area contributed by atoms with Crippen molar-refractivity contribution in [2.24, 2.45) is 0 Å². The van der Waals surface area contributed by atoms with Crippen molar-refractivity contribution in [3.8, 4) is 16.9 Å². The molecule has 2 amide bonds. The van der Waals surface area contributed by atoms with Gasteiger partial charge in [0, 0.05) is 12.1 Å². The van der Waals surface area contributed by atoms with Crippen LogP contribution in [0.4, 0.5) is 0 Å². The molecule has 2 N–H and O–H groups in total.